The van der Waals surface area contributed by atoms with E-state index in [2.05, 4.69) is 5.32 Å². The second-order valence-electron chi connectivity index (χ2n) is 9.87. The van der Waals surface area contributed by atoms with Crippen molar-refractivity contribution in [2.45, 2.75) is 58.2 Å². The third-order valence-electron chi connectivity index (χ3n) is 5.94. The SMILES string of the molecule is COc1cccc(CN(C(=O)CC(c2ccccc2)c2ccccc2)C(C)C(=O)NC(C)(C)C)c1. The number of carbonyl (C=O) groups is 2. The topological polar surface area (TPSA) is 58.6 Å². The molecule has 2 amide bonds. The Balaban J connectivity index is 1.93. The predicted octanol–water partition coefficient (Wildman–Crippen LogP) is 5.55. The molecular weight excluding hydrogens is 436 g/mol. The van der Waals surface area contributed by atoms with E-state index in [0.29, 0.717) is 12.3 Å². The lowest BCUT2D eigenvalue weighted by Gasteiger charge is -2.32. The number of nitrogens with one attached hydrogen (secondary N) is 1. The van der Waals surface area contributed by atoms with Crippen molar-refractivity contribution >= 4 is 11.8 Å². The number of hydrogen-bond acceptors (Lipinski definition) is 3. The lowest BCUT2D eigenvalue weighted by Crippen LogP contribution is -2.52. The second kappa shape index (κ2) is 11.7. The second-order valence-corrected chi connectivity index (χ2v) is 9.87. The van der Waals surface area contributed by atoms with Crippen LogP contribution in [0.5, 0.6) is 5.75 Å². The third-order valence-corrected chi connectivity index (χ3v) is 5.94. The van der Waals surface area contributed by atoms with Crippen molar-refractivity contribution in [3.63, 3.8) is 0 Å². The third kappa shape index (κ3) is 7.44. The maximum absolute atomic E-state index is 13.9. The van der Waals surface area contributed by atoms with Crippen LogP contribution < -0.4 is 10.1 Å². The fraction of sp³-hybridized carbons (Fsp3) is 0.333. The minimum absolute atomic E-state index is 0.0814. The molecular formula is C30H36N2O3. The van der Waals surface area contributed by atoms with E-state index in [4.69, 9.17) is 4.74 Å². The average molecular weight is 473 g/mol. The van der Waals surface area contributed by atoms with E-state index in [1.54, 1.807) is 18.9 Å². The van der Waals surface area contributed by atoms with E-state index in [1.807, 2.05) is 106 Å². The van der Waals surface area contributed by atoms with Gasteiger partial charge in [-0.05, 0) is 56.5 Å². The molecule has 0 aromatic heterocycles. The predicted molar refractivity (Wildman–Crippen MR) is 140 cm³/mol. The van der Waals surface area contributed by atoms with E-state index >= 15 is 0 Å². The van der Waals surface area contributed by atoms with Crippen LogP contribution in [0.2, 0.25) is 0 Å². The largest absolute Gasteiger partial charge is 0.497 e. The number of hydrogen-bond donors (Lipinski definition) is 1. The Hall–Kier alpha value is -3.60. The van der Waals surface area contributed by atoms with Crippen molar-refractivity contribution in [1.82, 2.24) is 10.2 Å². The summed E-state index contributed by atoms with van der Waals surface area (Å²) < 4.78 is 5.37. The van der Waals surface area contributed by atoms with Crippen molar-refractivity contribution in [3.8, 4) is 5.75 Å². The number of nitrogens with zero attached hydrogens (tertiary/aromatic N) is 1. The van der Waals surface area contributed by atoms with Crippen LogP contribution in [-0.4, -0.2) is 35.4 Å². The van der Waals surface area contributed by atoms with Gasteiger partial charge in [0.25, 0.3) is 0 Å². The van der Waals surface area contributed by atoms with E-state index in [-0.39, 0.29) is 24.2 Å². The molecule has 0 fully saturated rings. The van der Waals surface area contributed by atoms with Gasteiger partial charge in [-0.15, -0.1) is 0 Å². The Kier molecular flexibility index (Phi) is 8.69. The van der Waals surface area contributed by atoms with Crippen molar-refractivity contribution < 1.29 is 14.3 Å². The first-order valence-corrected chi connectivity index (χ1v) is 12.0. The normalized spacial score (nSPS) is 12.2. The highest BCUT2D eigenvalue weighted by atomic mass is 16.5. The Morgan fingerprint density at radius 2 is 1.46 bits per heavy atom. The summed E-state index contributed by atoms with van der Waals surface area (Å²) in [5.74, 6) is 0.343. The van der Waals surface area contributed by atoms with Crippen LogP contribution >= 0.6 is 0 Å². The summed E-state index contributed by atoms with van der Waals surface area (Å²) in [6.45, 7) is 7.91. The molecule has 0 aliphatic carbocycles. The Bertz CT molecular complexity index is 1070. The minimum atomic E-state index is -0.639. The van der Waals surface area contributed by atoms with Crippen molar-refractivity contribution in [1.29, 1.82) is 0 Å². The molecule has 0 saturated heterocycles. The summed E-state index contributed by atoms with van der Waals surface area (Å²) >= 11 is 0. The summed E-state index contributed by atoms with van der Waals surface area (Å²) in [6.07, 6.45) is 0.255. The van der Waals surface area contributed by atoms with Crippen LogP contribution in [0.15, 0.2) is 84.9 Å². The number of methoxy groups -OCH3 is 1. The van der Waals surface area contributed by atoms with Gasteiger partial charge in [-0.25, -0.2) is 0 Å². The first-order chi connectivity index (χ1) is 16.7. The molecule has 0 aliphatic heterocycles. The van der Waals surface area contributed by atoms with Crippen LogP contribution in [0, 0.1) is 0 Å². The zero-order valence-electron chi connectivity index (χ0n) is 21.3. The van der Waals surface area contributed by atoms with Gasteiger partial charge in [0.1, 0.15) is 11.8 Å². The highest BCUT2D eigenvalue weighted by Gasteiger charge is 2.30. The zero-order valence-corrected chi connectivity index (χ0v) is 21.3. The molecule has 3 aromatic carbocycles. The van der Waals surface area contributed by atoms with Crippen LogP contribution in [0.4, 0.5) is 0 Å². The molecule has 1 atom stereocenters. The van der Waals surface area contributed by atoms with Gasteiger partial charge in [-0.2, -0.15) is 0 Å². The number of ether oxygens (including phenoxy) is 1. The Morgan fingerprint density at radius 1 is 0.886 bits per heavy atom. The van der Waals surface area contributed by atoms with Gasteiger partial charge in [0.2, 0.25) is 11.8 Å². The number of carbonyl (C=O) groups excluding carboxylic acids is 2. The fourth-order valence-electron chi connectivity index (χ4n) is 4.11. The first-order valence-electron chi connectivity index (χ1n) is 12.0. The summed E-state index contributed by atoms with van der Waals surface area (Å²) in [7, 11) is 1.62. The molecule has 184 valence electrons. The van der Waals surface area contributed by atoms with Crippen molar-refractivity contribution in [2.24, 2.45) is 0 Å². The Morgan fingerprint density at radius 3 is 1.97 bits per heavy atom. The highest BCUT2D eigenvalue weighted by Crippen LogP contribution is 2.29. The zero-order chi connectivity index (χ0) is 25.4. The number of benzene rings is 3. The number of amides is 2. The first kappa shape index (κ1) is 26.0. The van der Waals surface area contributed by atoms with E-state index in [1.165, 1.54) is 0 Å². The van der Waals surface area contributed by atoms with E-state index in [0.717, 1.165) is 16.7 Å². The van der Waals surface area contributed by atoms with Gasteiger partial charge >= 0.3 is 0 Å². The lowest BCUT2D eigenvalue weighted by atomic mass is 9.88. The van der Waals surface area contributed by atoms with Crippen LogP contribution in [-0.2, 0) is 16.1 Å². The number of rotatable bonds is 9. The molecule has 1 N–H and O–H groups in total. The quantitative estimate of drug-likeness (QED) is 0.444. The van der Waals surface area contributed by atoms with Gasteiger partial charge in [0.15, 0.2) is 0 Å². The molecule has 5 heteroatoms. The summed E-state index contributed by atoms with van der Waals surface area (Å²) in [5.41, 5.74) is 2.65. The van der Waals surface area contributed by atoms with E-state index < -0.39 is 11.6 Å². The van der Waals surface area contributed by atoms with Crippen molar-refractivity contribution in [2.75, 3.05) is 7.11 Å². The molecule has 3 aromatic rings. The van der Waals surface area contributed by atoms with Crippen LogP contribution in [0.1, 0.15) is 56.7 Å². The summed E-state index contributed by atoms with van der Waals surface area (Å²) in [6, 6.07) is 27.1. The molecule has 3 rings (SSSR count). The minimum Gasteiger partial charge on any atom is -0.497 e. The Labute approximate surface area is 209 Å². The maximum atomic E-state index is 13.9. The van der Waals surface area contributed by atoms with Gasteiger partial charge in [-0.3, -0.25) is 9.59 Å². The molecule has 0 spiro atoms. The molecule has 0 radical (unpaired) electrons. The van der Waals surface area contributed by atoms with Crippen molar-refractivity contribution in [3.05, 3.63) is 102 Å². The van der Waals surface area contributed by atoms with Gasteiger partial charge in [-0.1, -0.05) is 72.8 Å². The van der Waals surface area contributed by atoms with Gasteiger partial charge in [0.05, 0.1) is 7.11 Å². The summed E-state index contributed by atoms with van der Waals surface area (Å²) in [4.78, 5) is 28.7. The highest BCUT2D eigenvalue weighted by molar-refractivity contribution is 5.88. The van der Waals surface area contributed by atoms with E-state index in [9.17, 15) is 9.59 Å². The summed E-state index contributed by atoms with van der Waals surface area (Å²) in [5, 5.41) is 3.02. The molecule has 0 saturated carbocycles. The maximum Gasteiger partial charge on any atom is 0.242 e. The van der Waals surface area contributed by atoms with Gasteiger partial charge < -0.3 is 15.0 Å². The lowest BCUT2D eigenvalue weighted by molar-refractivity contribution is -0.141. The molecule has 35 heavy (non-hydrogen) atoms. The molecule has 1 unspecified atom stereocenters. The smallest absolute Gasteiger partial charge is 0.242 e. The molecule has 0 aliphatic rings. The molecule has 0 heterocycles. The van der Waals surface area contributed by atoms with Crippen LogP contribution in [0.3, 0.4) is 0 Å². The van der Waals surface area contributed by atoms with Crippen LogP contribution in [0.25, 0.3) is 0 Å². The monoisotopic (exact) mass is 472 g/mol. The average Bonchev–Trinajstić information content (AvgIpc) is 2.85. The fourth-order valence-corrected chi connectivity index (χ4v) is 4.11. The standard InChI is InChI=1S/C30H36N2O3/c1-22(29(34)31-30(2,3)4)32(21-23-13-12-18-26(19-23)35-5)28(33)20-27(24-14-8-6-9-15-24)25-16-10-7-11-17-25/h6-19,22,27H,20-21H2,1-5H3,(H,31,34). The molecule has 0 bridgehead atoms. The molecule has 5 nitrogen and oxygen atoms in total. The van der Waals surface area contributed by atoms with Gasteiger partial charge in [0, 0.05) is 24.4 Å².